The van der Waals surface area contributed by atoms with Gasteiger partial charge in [-0.05, 0) is 57.2 Å². The van der Waals surface area contributed by atoms with Crippen molar-refractivity contribution in [2.24, 2.45) is 0 Å². The number of carbonyl (C=O) groups is 3. The zero-order chi connectivity index (χ0) is 24.2. The van der Waals surface area contributed by atoms with Crippen LogP contribution in [0.25, 0.3) is 0 Å². The Bertz CT molecular complexity index is 1240. The van der Waals surface area contributed by atoms with Gasteiger partial charge in [0, 0.05) is 10.4 Å². The maximum absolute atomic E-state index is 12.9. The molecule has 0 bridgehead atoms. The number of anilines is 2. The molecule has 0 aliphatic heterocycles. The Morgan fingerprint density at radius 3 is 2.71 bits per heavy atom. The third-order valence-corrected chi connectivity index (χ3v) is 8.53. The zero-order valence-electron chi connectivity index (χ0n) is 19.0. The Morgan fingerprint density at radius 1 is 1.15 bits per heavy atom. The molecule has 1 aliphatic carbocycles. The number of fused-ring (bicyclic) bond motifs is 1. The molecule has 3 aromatic rings. The molecule has 8 nitrogen and oxygen atoms in total. The first-order valence-corrected chi connectivity index (χ1v) is 13.4. The topological polar surface area (TPSA) is 110 Å². The summed E-state index contributed by atoms with van der Waals surface area (Å²) in [6, 6.07) is 7.29. The van der Waals surface area contributed by atoms with Crippen molar-refractivity contribution in [1.29, 1.82) is 0 Å². The van der Waals surface area contributed by atoms with Gasteiger partial charge in [-0.1, -0.05) is 41.3 Å². The highest BCUT2D eigenvalue weighted by Gasteiger charge is 2.29. The van der Waals surface area contributed by atoms with Crippen LogP contribution >= 0.6 is 34.4 Å². The van der Waals surface area contributed by atoms with Gasteiger partial charge in [0.2, 0.25) is 11.0 Å². The van der Waals surface area contributed by atoms with Crippen LogP contribution in [0.3, 0.4) is 0 Å². The summed E-state index contributed by atoms with van der Waals surface area (Å²) in [5.74, 6) is -0.888. The van der Waals surface area contributed by atoms with Crippen LogP contribution in [0.2, 0.25) is 0 Å². The van der Waals surface area contributed by atoms with E-state index in [2.05, 4.69) is 20.8 Å². The highest BCUT2D eigenvalue weighted by atomic mass is 32.2. The van der Waals surface area contributed by atoms with Gasteiger partial charge in [0.05, 0.1) is 17.4 Å². The van der Waals surface area contributed by atoms with E-state index in [1.54, 1.807) is 26.0 Å². The van der Waals surface area contributed by atoms with Gasteiger partial charge < -0.3 is 10.1 Å². The van der Waals surface area contributed by atoms with Gasteiger partial charge in [-0.15, -0.1) is 21.5 Å². The predicted octanol–water partition coefficient (Wildman–Crippen LogP) is 4.95. The monoisotopic (exact) mass is 516 g/mol. The van der Waals surface area contributed by atoms with Crippen LogP contribution in [0.1, 0.15) is 57.0 Å². The van der Waals surface area contributed by atoms with Crippen molar-refractivity contribution in [2.45, 2.75) is 49.6 Å². The molecule has 2 aromatic heterocycles. The third-order valence-electron chi connectivity index (χ3n) is 5.30. The first kappa shape index (κ1) is 24.4. The predicted molar refractivity (Wildman–Crippen MR) is 135 cm³/mol. The number of thioether (sulfide) groups is 1. The van der Waals surface area contributed by atoms with E-state index in [4.69, 9.17) is 4.74 Å². The quantitative estimate of drug-likeness (QED) is 0.248. The highest BCUT2D eigenvalue weighted by molar-refractivity contribution is 8.02. The largest absolute Gasteiger partial charge is 0.462 e. The van der Waals surface area contributed by atoms with E-state index in [-0.39, 0.29) is 18.4 Å². The number of nitrogens with one attached hydrogen (secondary N) is 2. The van der Waals surface area contributed by atoms with Crippen molar-refractivity contribution < 1.29 is 19.1 Å². The highest BCUT2D eigenvalue weighted by Crippen LogP contribution is 2.40. The standard InChI is InChI=1S/C23H24N4O4S3/c1-4-31-21(30)17-15-10-7-11-16(15)33-20(17)24-18(28)13(3)32-23-27-26-22(34-23)25-19(29)14-9-6-5-8-12(14)2/h5-6,8-9,13H,4,7,10-11H2,1-3H3,(H,24,28)(H,25,26,29). The maximum Gasteiger partial charge on any atom is 0.341 e. The minimum Gasteiger partial charge on any atom is -0.462 e. The van der Waals surface area contributed by atoms with E-state index >= 15 is 0 Å². The molecule has 0 radical (unpaired) electrons. The van der Waals surface area contributed by atoms with Gasteiger partial charge in [-0.2, -0.15) is 0 Å². The van der Waals surface area contributed by atoms with Crippen molar-refractivity contribution in [3.63, 3.8) is 0 Å². The molecule has 1 unspecified atom stereocenters. The van der Waals surface area contributed by atoms with E-state index in [1.165, 1.54) is 34.4 Å². The molecule has 34 heavy (non-hydrogen) atoms. The second-order valence-electron chi connectivity index (χ2n) is 7.67. The summed E-state index contributed by atoms with van der Waals surface area (Å²) in [6.45, 7) is 5.68. The fourth-order valence-corrected chi connectivity index (χ4v) is 6.80. The second kappa shape index (κ2) is 10.7. The Hall–Kier alpha value is -2.76. The lowest BCUT2D eigenvalue weighted by Gasteiger charge is -2.11. The molecule has 11 heteroatoms. The second-order valence-corrected chi connectivity index (χ2v) is 11.3. The normalized spacial score (nSPS) is 13.3. The van der Waals surface area contributed by atoms with Crippen molar-refractivity contribution in [1.82, 2.24) is 10.2 Å². The number of hydrogen-bond donors (Lipinski definition) is 2. The molecule has 0 fully saturated rings. The van der Waals surface area contributed by atoms with Crippen molar-refractivity contribution in [3.8, 4) is 0 Å². The lowest BCUT2D eigenvalue weighted by atomic mass is 10.1. The van der Waals surface area contributed by atoms with Crippen LogP contribution in [-0.4, -0.2) is 39.8 Å². The van der Waals surface area contributed by atoms with Crippen molar-refractivity contribution in [3.05, 3.63) is 51.4 Å². The van der Waals surface area contributed by atoms with E-state index in [1.807, 2.05) is 19.1 Å². The fourth-order valence-electron chi connectivity index (χ4n) is 3.63. The Labute approximate surface area is 209 Å². The maximum atomic E-state index is 12.9. The van der Waals surface area contributed by atoms with E-state index in [0.29, 0.717) is 25.6 Å². The minimum atomic E-state index is -0.486. The summed E-state index contributed by atoms with van der Waals surface area (Å²) in [7, 11) is 0. The molecule has 1 aromatic carbocycles. The Kier molecular flexibility index (Phi) is 7.64. The number of aryl methyl sites for hydroxylation is 2. The van der Waals surface area contributed by atoms with Gasteiger partial charge in [-0.3, -0.25) is 14.9 Å². The van der Waals surface area contributed by atoms with Gasteiger partial charge in [0.1, 0.15) is 5.00 Å². The number of amides is 2. The summed E-state index contributed by atoms with van der Waals surface area (Å²) in [4.78, 5) is 39.0. The average molecular weight is 517 g/mol. The molecule has 0 saturated carbocycles. The minimum absolute atomic E-state index is 0.240. The average Bonchev–Trinajstić information content (AvgIpc) is 3.50. The SMILES string of the molecule is CCOC(=O)c1c(NC(=O)C(C)Sc2nnc(NC(=O)c3ccccc3C)s2)sc2c1CCC2. The van der Waals surface area contributed by atoms with Crippen LogP contribution < -0.4 is 10.6 Å². The molecule has 2 heterocycles. The number of nitrogens with zero attached hydrogens (tertiary/aromatic N) is 2. The Balaban J connectivity index is 1.40. The molecule has 0 spiro atoms. The van der Waals surface area contributed by atoms with Crippen molar-refractivity contribution in [2.75, 3.05) is 17.2 Å². The van der Waals surface area contributed by atoms with E-state index in [9.17, 15) is 14.4 Å². The molecule has 0 saturated heterocycles. The van der Waals surface area contributed by atoms with Crippen LogP contribution in [0.5, 0.6) is 0 Å². The van der Waals surface area contributed by atoms with Crippen LogP contribution in [0.4, 0.5) is 10.1 Å². The van der Waals surface area contributed by atoms with Crippen LogP contribution in [0, 0.1) is 6.92 Å². The molecule has 2 N–H and O–H groups in total. The Morgan fingerprint density at radius 2 is 1.94 bits per heavy atom. The smallest absolute Gasteiger partial charge is 0.341 e. The number of aromatic nitrogens is 2. The summed E-state index contributed by atoms with van der Waals surface area (Å²) in [5.41, 5.74) is 2.92. The van der Waals surface area contributed by atoms with Gasteiger partial charge in [-0.25, -0.2) is 4.79 Å². The van der Waals surface area contributed by atoms with E-state index < -0.39 is 11.2 Å². The molecule has 1 atom stereocenters. The van der Waals surface area contributed by atoms with Gasteiger partial charge >= 0.3 is 5.97 Å². The van der Waals surface area contributed by atoms with Gasteiger partial charge in [0.25, 0.3) is 5.91 Å². The van der Waals surface area contributed by atoms with Crippen molar-refractivity contribution >= 4 is 62.4 Å². The summed E-state index contributed by atoms with van der Waals surface area (Å²) in [6.07, 6.45) is 2.74. The molecule has 4 rings (SSSR count). The number of thiophene rings is 1. The molecular formula is C23H24N4O4S3. The van der Waals surface area contributed by atoms with E-state index in [0.717, 1.165) is 35.3 Å². The lowest BCUT2D eigenvalue weighted by Crippen LogP contribution is -2.23. The van der Waals surface area contributed by atoms with Crippen LogP contribution in [0.15, 0.2) is 28.6 Å². The molecule has 178 valence electrons. The van der Waals surface area contributed by atoms with Gasteiger partial charge in [0.15, 0.2) is 4.34 Å². The summed E-state index contributed by atoms with van der Waals surface area (Å²) >= 11 is 3.90. The number of esters is 1. The summed E-state index contributed by atoms with van der Waals surface area (Å²) < 4.78 is 5.78. The fraction of sp³-hybridized carbons (Fsp3) is 0.348. The van der Waals surface area contributed by atoms with Crippen LogP contribution in [-0.2, 0) is 22.4 Å². The third kappa shape index (κ3) is 5.31. The number of benzene rings is 1. The summed E-state index contributed by atoms with van der Waals surface area (Å²) in [5, 5.41) is 14.2. The molecular weight excluding hydrogens is 492 g/mol. The lowest BCUT2D eigenvalue weighted by molar-refractivity contribution is -0.115. The number of carbonyl (C=O) groups excluding carboxylic acids is 3. The first-order valence-electron chi connectivity index (χ1n) is 10.9. The number of hydrogen-bond acceptors (Lipinski definition) is 9. The molecule has 1 aliphatic rings. The zero-order valence-corrected chi connectivity index (χ0v) is 21.4. The first-order chi connectivity index (χ1) is 16.4. The number of rotatable bonds is 8. The molecule has 2 amide bonds. The number of ether oxygens (including phenoxy) is 1.